The lowest BCUT2D eigenvalue weighted by atomic mass is 10.0. The van der Waals surface area contributed by atoms with Crippen LogP contribution in [0.5, 0.6) is 0 Å². The van der Waals surface area contributed by atoms with Gasteiger partial charge >= 0.3 is 0 Å². The van der Waals surface area contributed by atoms with Gasteiger partial charge in [-0.15, -0.1) is 0 Å². The zero-order valence-electron chi connectivity index (χ0n) is 9.21. The van der Waals surface area contributed by atoms with Crippen molar-refractivity contribution in [2.45, 2.75) is 26.9 Å². The molecule has 2 N–H and O–H groups in total. The minimum absolute atomic E-state index is 0.137. The number of hydrogen-bond donors (Lipinski definition) is 1. The summed E-state index contributed by atoms with van der Waals surface area (Å²) in [5.41, 5.74) is 9.21. The smallest absolute Gasteiger partial charge is 0.0800 e. The van der Waals surface area contributed by atoms with E-state index in [1.807, 2.05) is 0 Å². The number of rotatable bonds is 4. The summed E-state index contributed by atoms with van der Waals surface area (Å²) >= 11 is 0. The maximum absolute atomic E-state index is 5.59. The number of hydrogen-bond acceptors (Lipinski definition) is 2. The van der Waals surface area contributed by atoms with Crippen molar-refractivity contribution < 1.29 is 4.74 Å². The molecule has 14 heavy (non-hydrogen) atoms. The van der Waals surface area contributed by atoms with Crippen LogP contribution in [0.3, 0.4) is 0 Å². The summed E-state index contributed by atoms with van der Waals surface area (Å²) < 4.78 is 5.59. The Morgan fingerprint density at radius 1 is 1.36 bits per heavy atom. The van der Waals surface area contributed by atoms with Gasteiger partial charge in [-0.25, -0.2) is 0 Å². The van der Waals surface area contributed by atoms with Crippen molar-refractivity contribution >= 4 is 0 Å². The van der Waals surface area contributed by atoms with E-state index in [-0.39, 0.29) is 6.10 Å². The standard InChI is InChI=1S/C12H19NO/c1-9-4-5-10(2)12(8-9)11(3)14-7-6-13/h4-5,8,11H,6-7,13H2,1-3H3. The predicted molar refractivity (Wildman–Crippen MR) is 59.3 cm³/mol. The Bertz CT molecular complexity index is 296. The summed E-state index contributed by atoms with van der Waals surface area (Å²) in [5.74, 6) is 0. The van der Waals surface area contributed by atoms with Gasteiger partial charge in [0.15, 0.2) is 0 Å². The van der Waals surface area contributed by atoms with Crippen LogP contribution in [-0.4, -0.2) is 13.2 Å². The van der Waals surface area contributed by atoms with Gasteiger partial charge in [-0.05, 0) is 31.9 Å². The van der Waals surface area contributed by atoms with Crippen LogP contribution in [0.2, 0.25) is 0 Å². The Labute approximate surface area is 86.1 Å². The third-order valence-corrected chi connectivity index (χ3v) is 2.36. The average molecular weight is 193 g/mol. The summed E-state index contributed by atoms with van der Waals surface area (Å²) in [6.45, 7) is 7.47. The van der Waals surface area contributed by atoms with Gasteiger partial charge in [0, 0.05) is 6.54 Å². The van der Waals surface area contributed by atoms with Gasteiger partial charge in [0.1, 0.15) is 0 Å². The molecule has 0 bridgehead atoms. The first-order chi connectivity index (χ1) is 6.65. The highest BCUT2D eigenvalue weighted by Crippen LogP contribution is 2.21. The molecule has 0 aliphatic rings. The highest BCUT2D eigenvalue weighted by Gasteiger charge is 2.08. The molecular formula is C12H19NO. The molecule has 0 heterocycles. The van der Waals surface area contributed by atoms with Gasteiger partial charge < -0.3 is 10.5 Å². The average Bonchev–Trinajstić information content (AvgIpc) is 2.18. The van der Waals surface area contributed by atoms with Crippen LogP contribution in [0.25, 0.3) is 0 Å². The molecule has 0 radical (unpaired) electrons. The second-order valence-electron chi connectivity index (χ2n) is 3.66. The lowest BCUT2D eigenvalue weighted by molar-refractivity contribution is 0.0713. The van der Waals surface area contributed by atoms with Gasteiger partial charge in [0.2, 0.25) is 0 Å². The second-order valence-corrected chi connectivity index (χ2v) is 3.66. The van der Waals surface area contributed by atoms with Crippen molar-refractivity contribution in [1.82, 2.24) is 0 Å². The van der Waals surface area contributed by atoms with Gasteiger partial charge in [-0.3, -0.25) is 0 Å². The quantitative estimate of drug-likeness (QED) is 0.796. The van der Waals surface area contributed by atoms with Gasteiger partial charge in [0.25, 0.3) is 0 Å². The molecule has 1 aromatic rings. The van der Waals surface area contributed by atoms with Crippen LogP contribution < -0.4 is 5.73 Å². The van der Waals surface area contributed by atoms with Crippen molar-refractivity contribution in [3.8, 4) is 0 Å². The summed E-state index contributed by atoms with van der Waals surface area (Å²) in [5, 5.41) is 0. The van der Waals surface area contributed by atoms with Gasteiger partial charge in [-0.2, -0.15) is 0 Å². The number of ether oxygens (including phenoxy) is 1. The van der Waals surface area contributed by atoms with Crippen molar-refractivity contribution in [3.05, 3.63) is 34.9 Å². The molecule has 0 saturated carbocycles. The van der Waals surface area contributed by atoms with E-state index in [1.54, 1.807) is 0 Å². The topological polar surface area (TPSA) is 35.2 Å². The van der Waals surface area contributed by atoms with E-state index < -0.39 is 0 Å². The number of nitrogens with two attached hydrogens (primary N) is 1. The highest BCUT2D eigenvalue weighted by molar-refractivity contribution is 5.31. The predicted octanol–water partition coefficient (Wildman–Crippen LogP) is 2.34. The highest BCUT2D eigenvalue weighted by atomic mass is 16.5. The monoisotopic (exact) mass is 193 g/mol. The first-order valence-corrected chi connectivity index (χ1v) is 5.04. The first-order valence-electron chi connectivity index (χ1n) is 5.04. The lowest BCUT2D eigenvalue weighted by Crippen LogP contribution is -2.11. The SMILES string of the molecule is Cc1ccc(C)c(C(C)OCCN)c1. The van der Waals surface area contributed by atoms with Crippen molar-refractivity contribution in [2.75, 3.05) is 13.2 Å². The van der Waals surface area contributed by atoms with E-state index in [2.05, 4.69) is 39.0 Å². The molecule has 0 amide bonds. The van der Waals surface area contributed by atoms with Gasteiger partial charge in [0.05, 0.1) is 12.7 Å². The maximum Gasteiger partial charge on any atom is 0.0800 e. The molecule has 1 rings (SSSR count). The van der Waals surface area contributed by atoms with Crippen molar-refractivity contribution in [2.24, 2.45) is 5.73 Å². The summed E-state index contributed by atoms with van der Waals surface area (Å²) in [4.78, 5) is 0. The molecule has 2 heteroatoms. The van der Waals surface area contributed by atoms with Crippen molar-refractivity contribution in [3.63, 3.8) is 0 Å². The molecule has 0 fully saturated rings. The molecule has 0 saturated heterocycles. The molecule has 0 aliphatic carbocycles. The minimum Gasteiger partial charge on any atom is -0.372 e. The molecule has 1 atom stereocenters. The summed E-state index contributed by atoms with van der Waals surface area (Å²) in [6.07, 6.45) is 0.137. The Kier molecular flexibility index (Phi) is 4.11. The molecule has 0 aromatic heterocycles. The Morgan fingerprint density at radius 2 is 2.07 bits per heavy atom. The number of aryl methyl sites for hydroxylation is 2. The van der Waals surface area contributed by atoms with Crippen LogP contribution in [0.4, 0.5) is 0 Å². The molecule has 0 aliphatic heterocycles. The third kappa shape index (κ3) is 2.82. The second kappa shape index (κ2) is 5.13. The molecule has 2 nitrogen and oxygen atoms in total. The molecule has 1 aromatic carbocycles. The molecular weight excluding hydrogens is 174 g/mol. The van der Waals surface area contributed by atoms with Crippen LogP contribution in [0.1, 0.15) is 29.7 Å². The molecule has 1 unspecified atom stereocenters. The third-order valence-electron chi connectivity index (χ3n) is 2.36. The molecule has 78 valence electrons. The van der Waals surface area contributed by atoms with Crippen LogP contribution >= 0.6 is 0 Å². The van der Waals surface area contributed by atoms with E-state index in [9.17, 15) is 0 Å². The zero-order chi connectivity index (χ0) is 10.6. The van der Waals surface area contributed by atoms with Crippen LogP contribution in [-0.2, 0) is 4.74 Å². The Balaban J connectivity index is 2.77. The van der Waals surface area contributed by atoms with E-state index in [4.69, 9.17) is 10.5 Å². The normalized spacial score (nSPS) is 12.9. The van der Waals surface area contributed by atoms with E-state index in [0.29, 0.717) is 13.2 Å². The fourth-order valence-electron chi connectivity index (χ4n) is 1.53. The van der Waals surface area contributed by atoms with E-state index in [1.165, 1.54) is 16.7 Å². The lowest BCUT2D eigenvalue weighted by Gasteiger charge is -2.15. The van der Waals surface area contributed by atoms with Crippen molar-refractivity contribution in [1.29, 1.82) is 0 Å². The fraction of sp³-hybridized carbons (Fsp3) is 0.500. The largest absolute Gasteiger partial charge is 0.372 e. The van der Waals surface area contributed by atoms with Crippen LogP contribution in [0.15, 0.2) is 18.2 Å². The Hall–Kier alpha value is -0.860. The zero-order valence-corrected chi connectivity index (χ0v) is 9.21. The maximum atomic E-state index is 5.59. The number of benzene rings is 1. The summed E-state index contributed by atoms with van der Waals surface area (Å²) in [6, 6.07) is 6.43. The Morgan fingerprint density at radius 3 is 2.71 bits per heavy atom. The van der Waals surface area contributed by atoms with E-state index in [0.717, 1.165) is 0 Å². The summed E-state index contributed by atoms with van der Waals surface area (Å²) in [7, 11) is 0. The van der Waals surface area contributed by atoms with Crippen LogP contribution in [0, 0.1) is 13.8 Å². The minimum atomic E-state index is 0.137. The fourth-order valence-corrected chi connectivity index (χ4v) is 1.53. The molecule has 0 spiro atoms. The van der Waals surface area contributed by atoms with Gasteiger partial charge in [-0.1, -0.05) is 23.8 Å². The first kappa shape index (κ1) is 11.2. The van der Waals surface area contributed by atoms with E-state index >= 15 is 0 Å².